The van der Waals surface area contributed by atoms with Crippen LogP contribution in [0.4, 0.5) is 4.39 Å². The van der Waals surface area contributed by atoms with Gasteiger partial charge in [0, 0.05) is 13.2 Å². The Morgan fingerprint density at radius 1 is 1.50 bits per heavy atom. The van der Waals surface area contributed by atoms with Crippen molar-refractivity contribution in [3.63, 3.8) is 0 Å². The minimum atomic E-state index is -0.507. The second kappa shape index (κ2) is 6.23. The van der Waals surface area contributed by atoms with Crippen LogP contribution in [0, 0.1) is 5.82 Å². The molecule has 1 unspecified atom stereocenters. The molecule has 116 valence electrons. The molecule has 1 aromatic carbocycles. The number of ether oxygens (including phenoxy) is 1. The maximum absolute atomic E-state index is 13.2. The van der Waals surface area contributed by atoms with Crippen molar-refractivity contribution in [2.75, 3.05) is 13.2 Å². The van der Waals surface area contributed by atoms with E-state index < -0.39 is 11.4 Å². The second-order valence-electron chi connectivity index (χ2n) is 5.28. The Bertz CT molecular complexity index is 753. The Labute approximate surface area is 125 Å². The van der Waals surface area contributed by atoms with Crippen LogP contribution in [0.25, 0.3) is 10.9 Å². The largest absolute Gasteiger partial charge is 0.376 e. The van der Waals surface area contributed by atoms with E-state index in [1.165, 1.54) is 23.0 Å². The van der Waals surface area contributed by atoms with E-state index in [1.54, 1.807) is 0 Å². The quantitative estimate of drug-likeness (QED) is 0.908. The maximum Gasteiger partial charge on any atom is 0.261 e. The van der Waals surface area contributed by atoms with Gasteiger partial charge in [-0.25, -0.2) is 9.37 Å². The summed E-state index contributed by atoms with van der Waals surface area (Å²) in [7, 11) is 0. The molecular weight excluding hydrogens is 289 g/mol. The number of nitrogens with zero attached hydrogens (tertiary/aromatic N) is 2. The number of carbonyl (C=O) groups is 1. The molecule has 0 spiro atoms. The van der Waals surface area contributed by atoms with E-state index in [0.717, 1.165) is 25.5 Å². The number of fused-ring (bicyclic) bond motifs is 1. The number of aromatic nitrogens is 2. The number of hydrogen-bond donors (Lipinski definition) is 1. The third-order valence-electron chi connectivity index (χ3n) is 3.65. The van der Waals surface area contributed by atoms with Crippen molar-refractivity contribution in [2.45, 2.75) is 25.5 Å². The van der Waals surface area contributed by atoms with Gasteiger partial charge in [-0.3, -0.25) is 14.2 Å². The molecule has 0 saturated carbocycles. The summed E-state index contributed by atoms with van der Waals surface area (Å²) in [4.78, 5) is 28.2. The van der Waals surface area contributed by atoms with E-state index >= 15 is 0 Å². The fraction of sp³-hybridized carbons (Fsp3) is 0.400. The Morgan fingerprint density at radius 3 is 3.14 bits per heavy atom. The highest BCUT2D eigenvalue weighted by molar-refractivity contribution is 5.79. The molecule has 1 aliphatic rings. The van der Waals surface area contributed by atoms with Crippen LogP contribution in [0.15, 0.2) is 29.3 Å². The minimum Gasteiger partial charge on any atom is -0.376 e. The third-order valence-corrected chi connectivity index (χ3v) is 3.65. The highest BCUT2D eigenvalue weighted by Crippen LogP contribution is 2.10. The SMILES string of the molecule is O=C(Cn1cnc2ccc(F)cc2c1=O)NCC1CCCO1. The Kier molecular flexibility index (Phi) is 4.15. The first kappa shape index (κ1) is 14.6. The number of carbonyl (C=O) groups excluding carboxylic acids is 1. The molecule has 0 radical (unpaired) electrons. The molecule has 6 nitrogen and oxygen atoms in total. The molecule has 0 bridgehead atoms. The molecule has 3 rings (SSSR count). The van der Waals surface area contributed by atoms with Crippen molar-refractivity contribution in [3.8, 4) is 0 Å². The van der Waals surface area contributed by atoms with Crippen molar-refractivity contribution in [1.82, 2.24) is 14.9 Å². The van der Waals surface area contributed by atoms with Crippen molar-refractivity contribution >= 4 is 16.8 Å². The average Bonchev–Trinajstić information content (AvgIpc) is 3.02. The lowest BCUT2D eigenvalue weighted by Gasteiger charge is -2.11. The van der Waals surface area contributed by atoms with E-state index in [-0.39, 0.29) is 23.9 Å². The molecular formula is C15H16FN3O3. The molecule has 1 amide bonds. The van der Waals surface area contributed by atoms with Gasteiger partial charge in [-0.2, -0.15) is 0 Å². The van der Waals surface area contributed by atoms with Crippen LogP contribution in [0.3, 0.4) is 0 Å². The van der Waals surface area contributed by atoms with Gasteiger partial charge in [0.1, 0.15) is 12.4 Å². The van der Waals surface area contributed by atoms with Gasteiger partial charge < -0.3 is 10.1 Å². The van der Waals surface area contributed by atoms with Crippen molar-refractivity contribution in [3.05, 3.63) is 40.7 Å². The van der Waals surface area contributed by atoms with Crippen LogP contribution in [0.2, 0.25) is 0 Å². The lowest BCUT2D eigenvalue weighted by atomic mass is 10.2. The molecule has 0 aliphatic carbocycles. The molecule has 1 N–H and O–H groups in total. The highest BCUT2D eigenvalue weighted by Gasteiger charge is 2.16. The summed E-state index contributed by atoms with van der Waals surface area (Å²) in [5.41, 5.74) is -0.0285. The Hall–Kier alpha value is -2.28. The summed E-state index contributed by atoms with van der Waals surface area (Å²) in [5, 5.41) is 2.90. The molecule has 2 heterocycles. The molecule has 7 heteroatoms. The zero-order valence-electron chi connectivity index (χ0n) is 11.9. The van der Waals surface area contributed by atoms with Gasteiger partial charge >= 0.3 is 0 Å². The van der Waals surface area contributed by atoms with Crippen LogP contribution >= 0.6 is 0 Å². The van der Waals surface area contributed by atoms with Crippen LogP contribution in [-0.4, -0.2) is 34.7 Å². The van der Waals surface area contributed by atoms with E-state index in [2.05, 4.69) is 10.3 Å². The zero-order chi connectivity index (χ0) is 15.5. The van der Waals surface area contributed by atoms with Crippen LogP contribution in [0.1, 0.15) is 12.8 Å². The van der Waals surface area contributed by atoms with Gasteiger partial charge in [0.05, 0.1) is 23.3 Å². The predicted octanol–water partition coefficient (Wildman–Crippen LogP) is 0.831. The summed E-state index contributed by atoms with van der Waals surface area (Å²) < 4.78 is 19.8. The molecule has 1 atom stereocenters. The van der Waals surface area contributed by atoms with Gasteiger partial charge in [-0.15, -0.1) is 0 Å². The van der Waals surface area contributed by atoms with Crippen LogP contribution < -0.4 is 10.9 Å². The molecule has 22 heavy (non-hydrogen) atoms. The Morgan fingerprint density at radius 2 is 2.36 bits per heavy atom. The number of rotatable bonds is 4. The standard InChI is InChI=1S/C15H16FN3O3/c16-10-3-4-13-12(6-10)15(21)19(9-18-13)8-14(20)17-7-11-2-1-5-22-11/h3-4,6,9,11H,1-2,5,7-8H2,(H,17,20). The molecule has 1 saturated heterocycles. The smallest absolute Gasteiger partial charge is 0.261 e. The Balaban J connectivity index is 1.71. The minimum absolute atomic E-state index is 0.0458. The number of amides is 1. The van der Waals surface area contributed by atoms with Crippen LogP contribution in [-0.2, 0) is 16.1 Å². The summed E-state index contributed by atoms with van der Waals surface area (Å²) in [6.45, 7) is 1.01. The third kappa shape index (κ3) is 3.14. The summed E-state index contributed by atoms with van der Waals surface area (Å²) in [6, 6.07) is 3.81. The first-order chi connectivity index (χ1) is 10.6. The first-order valence-electron chi connectivity index (χ1n) is 7.16. The van der Waals surface area contributed by atoms with E-state index in [4.69, 9.17) is 4.74 Å². The van der Waals surface area contributed by atoms with E-state index in [0.29, 0.717) is 12.1 Å². The van der Waals surface area contributed by atoms with E-state index in [1.807, 2.05) is 0 Å². The molecule has 2 aromatic rings. The zero-order valence-corrected chi connectivity index (χ0v) is 11.9. The van der Waals surface area contributed by atoms with Gasteiger partial charge in [-0.05, 0) is 31.0 Å². The highest BCUT2D eigenvalue weighted by atomic mass is 19.1. The summed E-state index contributed by atoms with van der Waals surface area (Å²) in [6.07, 6.45) is 3.27. The van der Waals surface area contributed by atoms with Crippen LogP contribution in [0.5, 0.6) is 0 Å². The number of halogens is 1. The van der Waals surface area contributed by atoms with Crippen molar-refractivity contribution < 1.29 is 13.9 Å². The average molecular weight is 305 g/mol. The fourth-order valence-electron chi connectivity index (χ4n) is 2.49. The number of nitrogens with one attached hydrogen (secondary N) is 1. The van der Waals surface area contributed by atoms with Crippen molar-refractivity contribution in [2.24, 2.45) is 0 Å². The van der Waals surface area contributed by atoms with Crippen molar-refractivity contribution in [1.29, 1.82) is 0 Å². The molecule has 1 aliphatic heterocycles. The van der Waals surface area contributed by atoms with E-state index in [9.17, 15) is 14.0 Å². The lowest BCUT2D eigenvalue weighted by molar-refractivity contribution is -0.122. The summed E-state index contributed by atoms with van der Waals surface area (Å²) in [5.74, 6) is -0.804. The molecule has 1 aromatic heterocycles. The van der Waals surface area contributed by atoms with Gasteiger partial charge in [-0.1, -0.05) is 0 Å². The molecule has 1 fully saturated rings. The lowest BCUT2D eigenvalue weighted by Crippen LogP contribution is -2.36. The number of benzene rings is 1. The topological polar surface area (TPSA) is 73.2 Å². The normalized spacial score (nSPS) is 17.8. The summed E-state index contributed by atoms with van der Waals surface area (Å²) >= 11 is 0. The second-order valence-corrected chi connectivity index (χ2v) is 5.28. The van der Waals surface area contributed by atoms with Gasteiger partial charge in [0.15, 0.2) is 0 Å². The first-order valence-corrected chi connectivity index (χ1v) is 7.16. The van der Waals surface area contributed by atoms with Gasteiger partial charge in [0.25, 0.3) is 5.56 Å². The number of hydrogen-bond acceptors (Lipinski definition) is 4. The maximum atomic E-state index is 13.2. The monoisotopic (exact) mass is 305 g/mol. The van der Waals surface area contributed by atoms with Gasteiger partial charge in [0.2, 0.25) is 5.91 Å². The predicted molar refractivity (Wildman–Crippen MR) is 77.9 cm³/mol. The fourth-order valence-corrected chi connectivity index (χ4v) is 2.49.